The second-order valence-electron chi connectivity index (χ2n) is 20.5. The third-order valence-corrected chi connectivity index (χ3v) is 14.2. The van der Waals surface area contributed by atoms with Gasteiger partial charge < -0.3 is 20.1 Å². The van der Waals surface area contributed by atoms with Crippen molar-refractivity contribution in [2.24, 2.45) is 5.73 Å². The Morgan fingerprint density at radius 1 is 0.413 bits per heavy atom. The lowest BCUT2D eigenvalue weighted by molar-refractivity contribution is -0.161. The zero-order valence-corrected chi connectivity index (χ0v) is 49.4. The van der Waals surface area contributed by atoms with Crippen LogP contribution in [0.2, 0.25) is 0 Å². The first-order chi connectivity index (χ1) is 36.8. The van der Waals surface area contributed by atoms with Crippen LogP contribution < -0.4 is 5.73 Å². The fraction of sp³-hybridized carbons (Fsp3) is 0.754. The second-order valence-corrected chi connectivity index (χ2v) is 22.0. The van der Waals surface area contributed by atoms with Crippen molar-refractivity contribution in [2.75, 3.05) is 26.4 Å². The van der Waals surface area contributed by atoms with Gasteiger partial charge in [-0.15, -0.1) is 0 Å². The number of nitrogens with two attached hydrogens (primary N) is 1. The van der Waals surface area contributed by atoms with Gasteiger partial charge in [0.25, 0.3) is 0 Å². The number of hydrogen-bond donors (Lipinski definition) is 2. The first-order valence-corrected chi connectivity index (χ1v) is 32.6. The number of hydrogen-bond acceptors (Lipinski definition) is 8. The molecule has 0 aromatic rings. The van der Waals surface area contributed by atoms with E-state index in [1.165, 1.54) is 161 Å². The predicted octanol–water partition coefficient (Wildman–Crippen LogP) is 19.9. The van der Waals surface area contributed by atoms with E-state index >= 15 is 0 Å². The van der Waals surface area contributed by atoms with Crippen LogP contribution >= 0.6 is 7.82 Å². The van der Waals surface area contributed by atoms with Gasteiger partial charge in [-0.25, -0.2) is 4.57 Å². The highest BCUT2D eigenvalue weighted by molar-refractivity contribution is 7.47. The van der Waals surface area contributed by atoms with Gasteiger partial charge in [0.05, 0.1) is 13.2 Å². The molecule has 0 bridgehead atoms. The highest BCUT2D eigenvalue weighted by Crippen LogP contribution is 2.43. The molecule has 75 heavy (non-hydrogen) atoms. The largest absolute Gasteiger partial charge is 0.472 e. The van der Waals surface area contributed by atoms with Gasteiger partial charge in [0.1, 0.15) is 6.61 Å². The molecule has 434 valence electrons. The number of rotatable bonds is 58. The predicted molar refractivity (Wildman–Crippen MR) is 321 cm³/mol. The maximum atomic E-state index is 12.7. The van der Waals surface area contributed by atoms with E-state index in [1.807, 2.05) is 0 Å². The van der Waals surface area contributed by atoms with Gasteiger partial charge in [-0.05, 0) is 89.9 Å². The molecule has 0 aromatic heterocycles. The Balaban J connectivity index is 3.87. The van der Waals surface area contributed by atoms with Crippen LogP contribution in [0.4, 0.5) is 0 Å². The molecule has 0 heterocycles. The summed E-state index contributed by atoms with van der Waals surface area (Å²) in [5.74, 6) is -0.835. The first-order valence-electron chi connectivity index (χ1n) is 31.1. The molecular formula is C65H116NO8P. The van der Waals surface area contributed by atoms with E-state index < -0.39 is 32.5 Å². The van der Waals surface area contributed by atoms with Gasteiger partial charge >= 0.3 is 19.8 Å². The molecule has 0 aliphatic heterocycles. The molecular weight excluding hydrogens is 954 g/mol. The van der Waals surface area contributed by atoms with Crippen molar-refractivity contribution in [2.45, 2.75) is 290 Å². The Labute approximate surface area is 462 Å². The van der Waals surface area contributed by atoms with E-state index in [0.29, 0.717) is 6.42 Å². The zero-order valence-electron chi connectivity index (χ0n) is 48.5. The van der Waals surface area contributed by atoms with Gasteiger partial charge in [0.15, 0.2) is 6.10 Å². The highest BCUT2D eigenvalue weighted by atomic mass is 31.2. The average molecular weight is 1070 g/mol. The minimum Gasteiger partial charge on any atom is -0.462 e. The Hall–Kier alpha value is -2.81. The first kappa shape index (κ1) is 72.2. The van der Waals surface area contributed by atoms with Gasteiger partial charge in [0.2, 0.25) is 0 Å². The number of carbonyl (C=O) groups is 2. The van der Waals surface area contributed by atoms with Crippen LogP contribution in [0, 0.1) is 0 Å². The van der Waals surface area contributed by atoms with Crippen LogP contribution in [0.25, 0.3) is 0 Å². The summed E-state index contributed by atoms with van der Waals surface area (Å²) in [5, 5.41) is 0. The summed E-state index contributed by atoms with van der Waals surface area (Å²) in [7, 11) is -4.39. The number of ether oxygens (including phenoxy) is 2. The number of unbranched alkanes of at least 4 members (excludes halogenated alkanes) is 31. The minimum absolute atomic E-state index is 0.0499. The molecule has 0 fully saturated rings. The molecule has 2 unspecified atom stereocenters. The molecule has 9 nitrogen and oxygen atoms in total. The average Bonchev–Trinajstić information content (AvgIpc) is 3.40. The summed E-state index contributed by atoms with van der Waals surface area (Å²) in [6, 6.07) is 0. The topological polar surface area (TPSA) is 134 Å². The van der Waals surface area contributed by atoms with Crippen LogP contribution in [-0.4, -0.2) is 49.3 Å². The van der Waals surface area contributed by atoms with Crippen molar-refractivity contribution in [3.63, 3.8) is 0 Å². The summed E-state index contributed by atoms with van der Waals surface area (Å²) in [4.78, 5) is 35.2. The number of phosphoric ester groups is 1. The quantitative estimate of drug-likeness (QED) is 0.0264. The molecule has 0 rings (SSSR count). The van der Waals surface area contributed by atoms with Gasteiger partial charge in [-0.3, -0.25) is 18.6 Å². The summed E-state index contributed by atoms with van der Waals surface area (Å²) >= 11 is 0. The normalized spacial score (nSPS) is 13.6. The van der Waals surface area contributed by atoms with Crippen LogP contribution in [0.3, 0.4) is 0 Å². The molecule has 0 radical (unpaired) electrons. The van der Waals surface area contributed by atoms with Gasteiger partial charge in [-0.1, -0.05) is 266 Å². The lowest BCUT2D eigenvalue weighted by Gasteiger charge is -2.19. The lowest BCUT2D eigenvalue weighted by Crippen LogP contribution is -2.29. The zero-order chi connectivity index (χ0) is 54.5. The van der Waals surface area contributed by atoms with Crippen molar-refractivity contribution in [3.05, 3.63) is 85.1 Å². The number of phosphoric acid groups is 1. The summed E-state index contributed by atoms with van der Waals surface area (Å²) in [6.07, 6.45) is 79.4. The number of allylic oxidation sites excluding steroid dienone is 14. The van der Waals surface area contributed by atoms with Crippen LogP contribution in [0.1, 0.15) is 284 Å². The van der Waals surface area contributed by atoms with Crippen LogP contribution in [-0.2, 0) is 32.7 Å². The van der Waals surface area contributed by atoms with E-state index in [0.717, 1.165) is 89.9 Å². The van der Waals surface area contributed by atoms with Crippen molar-refractivity contribution in [1.82, 2.24) is 0 Å². The highest BCUT2D eigenvalue weighted by Gasteiger charge is 2.26. The molecule has 0 saturated carbocycles. The Kier molecular flexibility index (Phi) is 58.2. The van der Waals surface area contributed by atoms with Crippen molar-refractivity contribution < 1.29 is 37.6 Å². The van der Waals surface area contributed by atoms with E-state index in [4.69, 9.17) is 24.3 Å². The van der Waals surface area contributed by atoms with Crippen molar-refractivity contribution >= 4 is 19.8 Å². The molecule has 0 aromatic carbocycles. The Morgan fingerprint density at radius 3 is 1.09 bits per heavy atom. The Bertz CT molecular complexity index is 1500. The van der Waals surface area contributed by atoms with Gasteiger partial charge in [0, 0.05) is 19.4 Å². The third kappa shape index (κ3) is 60.3. The maximum absolute atomic E-state index is 12.7. The summed E-state index contributed by atoms with van der Waals surface area (Å²) in [5.41, 5.74) is 5.39. The van der Waals surface area contributed by atoms with E-state index in [1.54, 1.807) is 0 Å². The number of esters is 2. The standard InChI is InChI=1S/C65H116NO8P/c1-3-5-7-9-11-13-15-17-19-21-23-24-25-26-27-28-29-30-31-32-33-34-35-36-37-38-40-42-44-46-48-50-52-54-56-58-65(68)74-63(62-73-75(69,70)72-60-59-66)61-71-64(67)57-55-53-51-49-47-45-43-41-39-22-20-18-16-14-12-10-8-6-4-2/h5,7,11-14,17-20,23-24,39,41,63H,3-4,6,8-10,15-16,21-22,25-38,40,42-62,66H2,1-2H3,(H,69,70)/b7-5-,13-11-,14-12-,19-17-,20-18-,24-23-,41-39-. The van der Waals surface area contributed by atoms with E-state index in [9.17, 15) is 19.0 Å². The molecule has 0 spiro atoms. The van der Waals surface area contributed by atoms with Gasteiger partial charge in [-0.2, -0.15) is 0 Å². The fourth-order valence-corrected chi connectivity index (χ4v) is 9.46. The molecule has 3 N–H and O–H groups in total. The summed E-state index contributed by atoms with van der Waals surface area (Å²) in [6.45, 7) is 3.61. The smallest absolute Gasteiger partial charge is 0.462 e. The molecule has 10 heteroatoms. The van der Waals surface area contributed by atoms with Crippen molar-refractivity contribution in [1.29, 1.82) is 0 Å². The monoisotopic (exact) mass is 1070 g/mol. The Morgan fingerprint density at radius 2 is 0.733 bits per heavy atom. The minimum atomic E-state index is -4.39. The molecule has 0 aliphatic carbocycles. The summed E-state index contributed by atoms with van der Waals surface area (Å²) < 4.78 is 33.1. The molecule has 0 aliphatic rings. The molecule has 0 saturated heterocycles. The van der Waals surface area contributed by atoms with Crippen LogP contribution in [0.5, 0.6) is 0 Å². The maximum Gasteiger partial charge on any atom is 0.472 e. The van der Waals surface area contributed by atoms with E-state index in [2.05, 4.69) is 98.9 Å². The van der Waals surface area contributed by atoms with Crippen LogP contribution in [0.15, 0.2) is 85.1 Å². The fourth-order valence-electron chi connectivity index (χ4n) is 8.69. The molecule has 0 amide bonds. The second kappa shape index (κ2) is 60.4. The molecule has 2 atom stereocenters. The van der Waals surface area contributed by atoms with E-state index in [-0.39, 0.29) is 32.6 Å². The number of carbonyl (C=O) groups excluding carboxylic acids is 2. The third-order valence-electron chi connectivity index (χ3n) is 13.3. The van der Waals surface area contributed by atoms with Crippen molar-refractivity contribution in [3.8, 4) is 0 Å². The SMILES string of the molecule is CC/C=C\C/C=C\C/C=C\C/C=C\CCCCCCCCCCCCCCCCCCCCCCCCC(=O)OC(COC(=O)CCCCCCCC/C=C\C/C=C\C/C=C\CCCCC)COP(=O)(O)OCCN. The lowest BCUT2D eigenvalue weighted by atomic mass is 10.0.